The number of morpholine rings is 1. The number of anilines is 1. The molecule has 1 aromatic heterocycles. The fraction of sp³-hybridized carbons (Fsp3) is 0.706. The SMILES string of the molecule is CC(C)C(=O)NCC1(C)CN(c2cc(Cl)nc(C(C)C)n2)CCO1. The molecule has 6 nitrogen and oxygen atoms in total. The fourth-order valence-electron chi connectivity index (χ4n) is 2.55. The third-order valence-electron chi connectivity index (χ3n) is 4.04. The van der Waals surface area contributed by atoms with Gasteiger partial charge in [0.2, 0.25) is 5.91 Å². The Morgan fingerprint density at radius 1 is 1.42 bits per heavy atom. The summed E-state index contributed by atoms with van der Waals surface area (Å²) in [5.74, 6) is 1.74. The average Bonchev–Trinajstić information content (AvgIpc) is 2.52. The molecule has 1 N–H and O–H groups in total. The first-order valence-electron chi connectivity index (χ1n) is 8.41. The van der Waals surface area contributed by atoms with E-state index in [2.05, 4.69) is 20.2 Å². The highest BCUT2D eigenvalue weighted by atomic mass is 35.5. The van der Waals surface area contributed by atoms with E-state index in [1.807, 2.05) is 34.6 Å². The average molecular weight is 355 g/mol. The van der Waals surface area contributed by atoms with E-state index in [0.717, 1.165) is 18.2 Å². The van der Waals surface area contributed by atoms with Gasteiger partial charge in [-0.25, -0.2) is 9.97 Å². The first kappa shape index (κ1) is 18.9. The summed E-state index contributed by atoms with van der Waals surface area (Å²) in [5.41, 5.74) is -0.460. The maximum Gasteiger partial charge on any atom is 0.222 e. The molecule has 1 aliphatic heterocycles. The number of nitrogens with zero attached hydrogens (tertiary/aromatic N) is 3. The number of carbonyl (C=O) groups is 1. The standard InChI is InChI=1S/C17H27ClN4O2/c1-11(2)15-20-13(18)8-14(21-15)22-6-7-24-17(5,10-22)9-19-16(23)12(3)4/h8,11-12H,6-7,9-10H2,1-5H3,(H,19,23). The molecule has 24 heavy (non-hydrogen) atoms. The summed E-state index contributed by atoms with van der Waals surface area (Å²) in [6.07, 6.45) is 0. The van der Waals surface area contributed by atoms with Gasteiger partial charge in [-0.3, -0.25) is 4.79 Å². The van der Waals surface area contributed by atoms with Gasteiger partial charge in [-0.1, -0.05) is 39.3 Å². The largest absolute Gasteiger partial charge is 0.370 e. The second-order valence-electron chi connectivity index (χ2n) is 7.15. The van der Waals surface area contributed by atoms with Crippen molar-refractivity contribution < 1.29 is 9.53 Å². The van der Waals surface area contributed by atoms with Gasteiger partial charge in [0.1, 0.15) is 22.4 Å². The smallest absolute Gasteiger partial charge is 0.222 e. The summed E-state index contributed by atoms with van der Waals surface area (Å²) in [6, 6.07) is 1.78. The van der Waals surface area contributed by atoms with E-state index in [1.54, 1.807) is 6.07 Å². The highest BCUT2D eigenvalue weighted by molar-refractivity contribution is 6.29. The number of hydrogen-bond donors (Lipinski definition) is 1. The summed E-state index contributed by atoms with van der Waals surface area (Å²) in [7, 11) is 0. The number of carbonyl (C=O) groups excluding carboxylic acids is 1. The van der Waals surface area contributed by atoms with Crippen LogP contribution < -0.4 is 10.2 Å². The summed E-state index contributed by atoms with van der Waals surface area (Å²) in [4.78, 5) is 22.9. The molecule has 1 amide bonds. The maximum atomic E-state index is 11.8. The Bertz CT molecular complexity index is 594. The molecular weight excluding hydrogens is 328 g/mol. The van der Waals surface area contributed by atoms with Gasteiger partial charge in [0.05, 0.1) is 6.61 Å². The molecule has 0 saturated carbocycles. The van der Waals surface area contributed by atoms with Crippen molar-refractivity contribution in [2.45, 2.75) is 46.1 Å². The number of aromatic nitrogens is 2. The van der Waals surface area contributed by atoms with E-state index < -0.39 is 5.60 Å². The van der Waals surface area contributed by atoms with Gasteiger partial charge in [0.25, 0.3) is 0 Å². The van der Waals surface area contributed by atoms with Crippen LogP contribution in [-0.4, -0.2) is 47.7 Å². The van der Waals surface area contributed by atoms with Gasteiger partial charge < -0.3 is 15.0 Å². The lowest BCUT2D eigenvalue weighted by Crippen LogP contribution is -2.56. The van der Waals surface area contributed by atoms with E-state index in [1.165, 1.54) is 0 Å². The van der Waals surface area contributed by atoms with Crippen molar-refractivity contribution in [3.63, 3.8) is 0 Å². The molecule has 0 bridgehead atoms. The molecule has 0 aromatic carbocycles. The molecule has 1 unspecified atom stereocenters. The lowest BCUT2D eigenvalue weighted by Gasteiger charge is -2.41. The van der Waals surface area contributed by atoms with E-state index >= 15 is 0 Å². The Hall–Kier alpha value is -1.40. The minimum Gasteiger partial charge on any atom is -0.370 e. The molecule has 2 rings (SSSR count). The summed E-state index contributed by atoms with van der Waals surface area (Å²) in [5, 5.41) is 3.40. The molecule has 0 spiro atoms. The topological polar surface area (TPSA) is 67.4 Å². The fourth-order valence-corrected chi connectivity index (χ4v) is 2.74. The summed E-state index contributed by atoms with van der Waals surface area (Å²) >= 11 is 6.16. The van der Waals surface area contributed by atoms with Gasteiger partial charge in [-0.05, 0) is 6.92 Å². The predicted molar refractivity (Wildman–Crippen MR) is 95.5 cm³/mol. The molecule has 1 aromatic rings. The predicted octanol–water partition coefficient (Wildman–Crippen LogP) is 2.62. The van der Waals surface area contributed by atoms with Crippen molar-refractivity contribution in [2.75, 3.05) is 31.1 Å². The first-order valence-corrected chi connectivity index (χ1v) is 8.79. The first-order chi connectivity index (χ1) is 11.2. The maximum absolute atomic E-state index is 11.8. The summed E-state index contributed by atoms with van der Waals surface area (Å²) in [6.45, 7) is 12.3. The van der Waals surface area contributed by atoms with Crippen LogP contribution in [0.3, 0.4) is 0 Å². The van der Waals surface area contributed by atoms with Crippen LogP contribution in [0.1, 0.15) is 46.4 Å². The molecular formula is C17H27ClN4O2. The zero-order chi connectivity index (χ0) is 17.9. The molecule has 1 saturated heterocycles. The van der Waals surface area contributed by atoms with E-state index in [4.69, 9.17) is 16.3 Å². The minimum atomic E-state index is -0.460. The van der Waals surface area contributed by atoms with E-state index in [-0.39, 0.29) is 17.7 Å². The van der Waals surface area contributed by atoms with Crippen LogP contribution >= 0.6 is 11.6 Å². The molecule has 2 heterocycles. The van der Waals surface area contributed by atoms with E-state index in [9.17, 15) is 4.79 Å². The van der Waals surface area contributed by atoms with Crippen molar-refractivity contribution in [1.82, 2.24) is 15.3 Å². The van der Waals surface area contributed by atoms with Crippen molar-refractivity contribution in [2.24, 2.45) is 5.92 Å². The highest BCUT2D eigenvalue weighted by Gasteiger charge is 2.33. The van der Waals surface area contributed by atoms with Crippen molar-refractivity contribution >= 4 is 23.3 Å². The molecule has 1 fully saturated rings. The molecule has 0 aliphatic carbocycles. The zero-order valence-corrected chi connectivity index (χ0v) is 15.9. The second kappa shape index (κ2) is 7.66. The third kappa shape index (κ3) is 4.80. The molecule has 1 aliphatic rings. The zero-order valence-electron chi connectivity index (χ0n) is 15.1. The van der Waals surface area contributed by atoms with Crippen LogP contribution in [0.2, 0.25) is 5.15 Å². The van der Waals surface area contributed by atoms with Crippen molar-refractivity contribution in [1.29, 1.82) is 0 Å². The quantitative estimate of drug-likeness (QED) is 0.823. The highest BCUT2D eigenvalue weighted by Crippen LogP contribution is 2.25. The van der Waals surface area contributed by atoms with Crippen LogP contribution in [0, 0.1) is 5.92 Å². The number of rotatable bonds is 5. The Balaban J connectivity index is 2.11. The Labute approximate surface area is 148 Å². The normalized spacial score (nSPS) is 21.4. The Kier molecular flexibility index (Phi) is 6.04. The van der Waals surface area contributed by atoms with Crippen LogP contribution in [0.15, 0.2) is 6.07 Å². The van der Waals surface area contributed by atoms with Crippen molar-refractivity contribution in [3.8, 4) is 0 Å². The molecule has 0 radical (unpaired) electrons. The molecule has 134 valence electrons. The number of hydrogen-bond acceptors (Lipinski definition) is 5. The van der Waals surface area contributed by atoms with Crippen molar-refractivity contribution in [3.05, 3.63) is 17.0 Å². The number of ether oxygens (including phenoxy) is 1. The lowest BCUT2D eigenvalue weighted by molar-refractivity contribution is -0.126. The lowest BCUT2D eigenvalue weighted by atomic mass is 10.0. The van der Waals surface area contributed by atoms with Gasteiger partial charge in [-0.15, -0.1) is 0 Å². The number of nitrogens with one attached hydrogen (secondary N) is 1. The van der Waals surface area contributed by atoms with Gasteiger partial charge >= 0.3 is 0 Å². The van der Waals surface area contributed by atoms with Crippen LogP contribution in [-0.2, 0) is 9.53 Å². The molecule has 7 heteroatoms. The second-order valence-corrected chi connectivity index (χ2v) is 7.54. The van der Waals surface area contributed by atoms with Crippen LogP contribution in [0.5, 0.6) is 0 Å². The molecule has 1 atom stereocenters. The van der Waals surface area contributed by atoms with Crippen LogP contribution in [0.25, 0.3) is 0 Å². The number of halogens is 1. The Morgan fingerprint density at radius 3 is 2.75 bits per heavy atom. The minimum absolute atomic E-state index is 0.0316. The van der Waals surface area contributed by atoms with Crippen LogP contribution in [0.4, 0.5) is 5.82 Å². The van der Waals surface area contributed by atoms with Gasteiger partial charge in [0, 0.05) is 37.5 Å². The summed E-state index contributed by atoms with van der Waals surface area (Å²) < 4.78 is 5.92. The third-order valence-corrected chi connectivity index (χ3v) is 4.23. The monoisotopic (exact) mass is 354 g/mol. The van der Waals surface area contributed by atoms with Gasteiger partial charge in [-0.2, -0.15) is 0 Å². The van der Waals surface area contributed by atoms with E-state index in [0.29, 0.717) is 24.8 Å². The Morgan fingerprint density at radius 2 is 2.12 bits per heavy atom. The number of amides is 1. The van der Waals surface area contributed by atoms with Gasteiger partial charge in [0.15, 0.2) is 0 Å².